The highest BCUT2D eigenvalue weighted by Crippen LogP contribution is 2.27. The minimum atomic E-state index is -1.78. The Morgan fingerprint density at radius 3 is 2.69 bits per heavy atom. The molecule has 7 heteroatoms. The average molecular weight is 365 g/mol. The van der Waals surface area contributed by atoms with Crippen LogP contribution >= 0.6 is 0 Å². The molecule has 2 rings (SSSR count). The van der Waals surface area contributed by atoms with Crippen molar-refractivity contribution >= 4 is 17.7 Å². The van der Waals surface area contributed by atoms with Crippen molar-refractivity contribution in [3.05, 3.63) is 23.3 Å². The van der Waals surface area contributed by atoms with Gasteiger partial charge in [-0.25, -0.2) is 9.59 Å². The summed E-state index contributed by atoms with van der Waals surface area (Å²) in [7, 11) is 1.89. The number of rotatable bonds is 0. The minimum Gasteiger partial charge on any atom is -0.459 e. The number of carbonyl (C=O) groups excluding carboxylic acids is 3. The van der Waals surface area contributed by atoms with E-state index in [2.05, 4.69) is 0 Å². The van der Waals surface area contributed by atoms with E-state index in [1.807, 2.05) is 11.9 Å². The molecular formula is C19H27NO6. The summed E-state index contributed by atoms with van der Waals surface area (Å²) >= 11 is 0. The molecule has 0 radical (unpaired) electrons. The van der Waals surface area contributed by atoms with Crippen molar-refractivity contribution < 1.29 is 29.0 Å². The summed E-state index contributed by atoms with van der Waals surface area (Å²) in [6.45, 7) is 5.58. The fourth-order valence-electron chi connectivity index (χ4n) is 2.92. The summed E-state index contributed by atoms with van der Waals surface area (Å²) < 4.78 is 10.7. The van der Waals surface area contributed by atoms with E-state index in [0.717, 1.165) is 0 Å². The lowest BCUT2D eigenvalue weighted by Crippen LogP contribution is -2.45. The molecule has 0 aliphatic carbocycles. The summed E-state index contributed by atoms with van der Waals surface area (Å²) in [4.78, 5) is 39.7. The summed E-state index contributed by atoms with van der Waals surface area (Å²) in [5, 5.41) is 10.6. The topological polar surface area (TPSA) is 93.1 Å². The van der Waals surface area contributed by atoms with Crippen molar-refractivity contribution in [2.24, 2.45) is 5.92 Å². The van der Waals surface area contributed by atoms with E-state index in [1.54, 1.807) is 26.0 Å². The van der Waals surface area contributed by atoms with Crippen molar-refractivity contribution in [2.75, 3.05) is 26.7 Å². The first-order chi connectivity index (χ1) is 12.2. The highest BCUT2D eigenvalue weighted by atomic mass is 16.6. The Morgan fingerprint density at radius 1 is 1.35 bits per heavy atom. The zero-order valence-corrected chi connectivity index (χ0v) is 15.8. The monoisotopic (exact) mass is 365 g/mol. The lowest BCUT2D eigenvalue weighted by molar-refractivity contribution is -0.169. The molecule has 3 atom stereocenters. The van der Waals surface area contributed by atoms with Gasteiger partial charge in [0.05, 0.1) is 0 Å². The molecule has 0 unspecified atom stereocenters. The normalized spacial score (nSPS) is 36.0. The maximum atomic E-state index is 12.8. The molecule has 0 spiro atoms. The van der Waals surface area contributed by atoms with Gasteiger partial charge in [0.15, 0.2) is 11.7 Å². The Hall–Kier alpha value is -1.99. The van der Waals surface area contributed by atoms with Gasteiger partial charge >= 0.3 is 11.9 Å². The van der Waals surface area contributed by atoms with E-state index in [0.29, 0.717) is 25.1 Å². The molecule has 0 aromatic carbocycles. The predicted octanol–water partition coefficient (Wildman–Crippen LogP) is 1.01. The summed E-state index contributed by atoms with van der Waals surface area (Å²) in [6, 6.07) is 0. The Balaban J connectivity index is 2.42. The zero-order chi connectivity index (χ0) is 19.5. The van der Waals surface area contributed by atoms with E-state index in [9.17, 15) is 19.5 Å². The summed E-state index contributed by atoms with van der Waals surface area (Å²) in [5.41, 5.74) is -1.19. The van der Waals surface area contributed by atoms with Crippen molar-refractivity contribution in [3.63, 3.8) is 0 Å². The molecule has 2 bridgehead atoms. The number of nitrogens with zero attached hydrogens (tertiary/aromatic N) is 1. The van der Waals surface area contributed by atoms with Crippen molar-refractivity contribution in [1.29, 1.82) is 0 Å². The number of allylic oxidation sites excluding steroid dienone is 1. The Kier molecular flexibility index (Phi) is 6.36. The minimum absolute atomic E-state index is 0.140. The molecule has 26 heavy (non-hydrogen) atoms. The van der Waals surface area contributed by atoms with Gasteiger partial charge in [-0.2, -0.15) is 0 Å². The van der Waals surface area contributed by atoms with E-state index < -0.39 is 29.6 Å². The number of fused-ring (bicyclic) bond motifs is 2. The molecular weight excluding hydrogens is 338 g/mol. The quantitative estimate of drug-likeness (QED) is 0.506. The first-order valence-electron chi connectivity index (χ1n) is 8.84. The first-order valence-corrected chi connectivity index (χ1v) is 8.84. The Labute approximate surface area is 153 Å². The molecule has 144 valence electrons. The fraction of sp³-hybridized carbons (Fsp3) is 0.632. The van der Waals surface area contributed by atoms with Crippen LogP contribution in [-0.2, 0) is 23.9 Å². The van der Waals surface area contributed by atoms with Gasteiger partial charge in [-0.05, 0) is 33.2 Å². The number of ether oxygens (including phenoxy) is 2. The molecule has 2 heterocycles. The number of cyclic esters (lactones) is 1. The summed E-state index contributed by atoms with van der Waals surface area (Å²) in [5.74, 6) is -2.32. The van der Waals surface area contributed by atoms with Gasteiger partial charge < -0.3 is 19.5 Å². The van der Waals surface area contributed by atoms with E-state index in [1.165, 1.54) is 6.92 Å². The largest absolute Gasteiger partial charge is 0.459 e. The van der Waals surface area contributed by atoms with Crippen LogP contribution in [0.15, 0.2) is 23.3 Å². The van der Waals surface area contributed by atoms with Crippen molar-refractivity contribution in [1.82, 2.24) is 4.90 Å². The zero-order valence-electron chi connectivity index (χ0n) is 15.8. The van der Waals surface area contributed by atoms with Crippen LogP contribution in [-0.4, -0.2) is 66.2 Å². The number of aliphatic hydroxyl groups is 1. The number of hydrogen-bond donors (Lipinski definition) is 1. The van der Waals surface area contributed by atoms with Crippen LogP contribution < -0.4 is 0 Å². The number of carbonyl (C=O) groups is 3. The number of ketones is 1. The van der Waals surface area contributed by atoms with Crippen LogP contribution in [0.3, 0.4) is 0 Å². The highest BCUT2D eigenvalue weighted by molar-refractivity contribution is 6.01. The second-order valence-electron chi connectivity index (χ2n) is 7.18. The first kappa shape index (κ1) is 20.3. The van der Waals surface area contributed by atoms with Crippen LogP contribution in [0.1, 0.15) is 33.6 Å². The molecule has 0 saturated carbocycles. The molecule has 2 aliphatic rings. The van der Waals surface area contributed by atoms with Crippen LogP contribution in [0, 0.1) is 5.92 Å². The van der Waals surface area contributed by atoms with Gasteiger partial charge in [0.25, 0.3) is 0 Å². The third kappa shape index (κ3) is 4.40. The van der Waals surface area contributed by atoms with E-state index in [-0.39, 0.29) is 24.4 Å². The molecule has 1 saturated heterocycles. The van der Waals surface area contributed by atoms with E-state index in [4.69, 9.17) is 9.47 Å². The second kappa shape index (κ2) is 8.14. The van der Waals surface area contributed by atoms with Crippen LogP contribution in [0.25, 0.3) is 0 Å². The van der Waals surface area contributed by atoms with Gasteiger partial charge in [-0.1, -0.05) is 19.1 Å². The van der Waals surface area contributed by atoms with Gasteiger partial charge in [0.2, 0.25) is 5.78 Å². The molecule has 1 N–H and O–H groups in total. The molecule has 0 aromatic heterocycles. The smallest absolute Gasteiger partial charge is 0.338 e. The van der Waals surface area contributed by atoms with Gasteiger partial charge in [-0.15, -0.1) is 0 Å². The molecule has 7 nitrogen and oxygen atoms in total. The lowest BCUT2D eigenvalue weighted by Gasteiger charge is -2.31. The number of Topliss-reactive ketones (excluding diaryl/α,β-unsaturated/α-hetero) is 1. The van der Waals surface area contributed by atoms with Crippen LogP contribution in [0.4, 0.5) is 0 Å². The third-order valence-corrected chi connectivity index (χ3v) is 5.15. The lowest BCUT2D eigenvalue weighted by atomic mass is 9.85. The van der Waals surface area contributed by atoms with Crippen LogP contribution in [0.5, 0.6) is 0 Å². The predicted molar refractivity (Wildman–Crippen MR) is 94.2 cm³/mol. The SMILES string of the molecule is C/C=C1/C[C@H](C)[C@@](C)(O)C(=O)OC/C2=C/CN(C)CC[C@@H](OC1=O)C2=O. The van der Waals surface area contributed by atoms with Crippen LogP contribution in [0.2, 0.25) is 0 Å². The van der Waals surface area contributed by atoms with E-state index >= 15 is 0 Å². The molecule has 1 fully saturated rings. The maximum Gasteiger partial charge on any atom is 0.338 e. The fourth-order valence-corrected chi connectivity index (χ4v) is 2.92. The van der Waals surface area contributed by atoms with Gasteiger partial charge in [0, 0.05) is 30.7 Å². The standard InChI is InChI=1S/C19H27NO6/c1-5-13-10-12(2)19(3,24)18(23)25-11-14-6-8-20(4)9-7-15(16(14)21)26-17(13)22/h5-6,12,15,24H,7-11H2,1-4H3/b13-5-,14-6-/t12-,15+,19+/m0/s1. The van der Waals surface area contributed by atoms with Gasteiger partial charge in [0.1, 0.15) is 6.61 Å². The number of esters is 2. The number of hydrogen-bond acceptors (Lipinski definition) is 7. The highest BCUT2D eigenvalue weighted by Gasteiger charge is 2.40. The summed E-state index contributed by atoms with van der Waals surface area (Å²) in [6.07, 6.45) is 2.86. The van der Waals surface area contributed by atoms with Gasteiger partial charge in [-0.3, -0.25) is 4.79 Å². The molecule has 0 aromatic rings. The Morgan fingerprint density at radius 2 is 2.04 bits per heavy atom. The molecule has 2 aliphatic heterocycles. The third-order valence-electron chi connectivity index (χ3n) is 5.15. The second-order valence-corrected chi connectivity index (χ2v) is 7.18. The van der Waals surface area contributed by atoms with Crippen molar-refractivity contribution in [3.8, 4) is 0 Å². The number of likely N-dealkylation sites (N-methyl/N-ethyl adjacent to an activating group) is 1. The maximum absolute atomic E-state index is 12.8. The van der Waals surface area contributed by atoms with Crippen molar-refractivity contribution in [2.45, 2.75) is 45.3 Å². The Bertz CT molecular complexity index is 648. The molecule has 0 amide bonds. The average Bonchev–Trinajstić information content (AvgIpc) is 2.59.